The highest BCUT2D eigenvalue weighted by Crippen LogP contribution is 2.18. The summed E-state index contributed by atoms with van der Waals surface area (Å²) in [7, 11) is 1.78. The zero-order valence-electron chi connectivity index (χ0n) is 18.2. The van der Waals surface area contributed by atoms with E-state index in [0.717, 1.165) is 11.3 Å². The molecular weight excluding hydrogens is 394 g/mol. The van der Waals surface area contributed by atoms with Gasteiger partial charge in [-0.15, -0.1) is 0 Å². The van der Waals surface area contributed by atoms with Crippen molar-refractivity contribution in [1.29, 1.82) is 0 Å². The molecule has 1 amide bonds. The van der Waals surface area contributed by atoms with Gasteiger partial charge in [0.25, 0.3) is 5.91 Å². The van der Waals surface area contributed by atoms with Crippen molar-refractivity contribution in [2.75, 3.05) is 13.7 Å². The number of benzene rings is 2. The Hall–Kier alpha value is -3.61. The van der Waals surface area contributed by atoms with Crippen LogP contribution in [0.2, 0.25) is 0 Å². The van der Waals surface area contributed by atoms with Crippen LogP contribution in [0.4, 0.5) is 0 Å². The summed E-state index contributed by atoms with van der Waals surface area (Å²) in [4.78, 5) is 26.6. The standard InChI is InChI=1S/C24H27N3O4/c1-5-31-24(30)22-15-25-27(17(22)3)20-10-8-19(9-11-20)23(29)26(4)16(2)14-18-6-12-21(28)13-7-18/h6-13,15-16,28H,5,14H2,1-4H3/t16-/m0/s1. The molecule has 1 aromatic heterocycles. The number of hydrogen-bond acceptors (Lipinski definition) is 5. The lowest BCUT2D eigenvalue weighted by Crippen LogP contribution is -2.36. The van der Waals surface area contributed by atoms with E-state index in [1.54, 1.807) is 66.9 Å². The van der Waals surface area contributed by atoms with Crippen molar-refractivity contribution in [3.05, 3.63) is 77.1 Å². The predicted octanol–water partition coefficient (Wildman–Crippen LogP) is 3.77. The van der Waals surface area contributed by atoms with Crippen molar-refractivity contribution < 1.29 is 19.4 Å². The second-order valence-electron chi connectivity index (χ2n) is 7.46. The van der Waals surface area contributed by atoms with Crippen molar-refractivity contribution in [2.45, 2.75) is 33.2 Å². The van der Waals surface area contributed by atoms with Crippen LogP contribution in [-0.2, 0) is 11.2 Å². The number of phenolic OH excluding ortho intramolecular Hbond substituents is 1. The molecule has 1 atom stereocenters. The van der Waals surface area contributed by atoms with Gasteiger partial charge in [0.05, 0.1) is 24.2 Å². The molecule has 2 aromatic carbocycles. The average Bonchev–Trinajstić information content (AvgIpc) is 3.16. The third-order valence-electron chi connectivity index (χ3n) is 5.31. The Morgan fingerprint density at radius 2 is 1.77 bits per heavy atom. The number of aromatic nitrogens is 2. The van der Waals surface area contributed by atoms with Gasteiger partial charge in [-0.1, -0.05) is 12.1 Å². The molecule has 0 aliphatic carbocycles. The van der Waals surface area contributed by atoms with E-state index in [0.29, 0.717) is 29.8 Å². The zero-order chi connectivity index (χ0) is 22.5. The molecular formula is C24H27N3O4. The summed E-state index contributed by atoms with van der Waals surface area (Å²) in [6.45, 7) is 5.86. The number of carbonyl (C=O) groups excluding carboxylic acids is 2. The van der Waals surface area contributed by atoms with E-state index in [-0.39, 0.29) is 17.7 Å². The van der Waals surface area contributed by atoms with Crippen molar-refractivity contribution in [3.8, 4) is 11.4 Å². The number of hydrogen-bond donors (Lipinski definition) is 1. The molecule has 3 aromatic rings. The van der Waals surface area contributed by atoms with Crippen LogP contribution >= 0.6 is 0 Å². The van der Waals surface area contributed by atoms with Crippen LogP contribution in [0, 0.1) is 6.92 Å². The van der Waals surface area contributed by atoms with Gasteiger partial charge in [0, 0.05) is 18.7 Å². The molecule has 1 heterocycles. The van der Waals surface area contributed by atoms with Crippen LogP contribution in [0.1, 0.15) is 45.8 Å². The van der Waals surface area contributed by atoms with Gasteiger partial charge >= 0.3 is 5.97 Å². The Balaban J connectivity index is 1.71. The first-order chi connectivity index (χ1) is 14.8. The van der Waals surface area contributed by atoms with Gasteiger partial charge in [0.2, 0.25) is 0 Å². The first-order valence-electron chi connectivity index (χ1n) is 10.2. The predicted molar refractivity (Wildman–Crippen MR) is 118 cm³/mol. The minimum Gasteiger partial charge on any atom is -0.508 e. The minimum atomic E-state index is -0.401. The molecule has 31 heavy (non-hydrogen) atoms. The summed E-state index contributed by atoms with van der Waals surface area (Å²) in [5.41, 5.74) is 3.47. The summed E-state index contributed by atoms with van der Waals surface area (Å²) >= 11 is 0. The van der Waals surface area contributed by atoms with Crippen molar-refractivity contribution in [2.24, 2.45) is 0 Å². The Morgan fingerprint density at radius 3 is 2.39 bits per heavy atom. The van der Waals surface area contributed by atoms with Gasteiger partial charge in [-0.25, -0.2) is 9.48 Å². The zero-order valence-corrected chi connectivity index (χ0v) is 18.2. The fourth-order valence-electron chi connectivity index (χ4n) is 3.34. The highest BCUT2D eigenvalue weighted by Gasteiger charge is 2.19. The topological polar surface area (TPSA) is 84.7 Å². The van der Waals surface area contributed by atoms with Gasteiger partial charge in [0.1, 0.15) is 11.3 Å². The minimum absolute atomic E-state index is 0.0165. The smallest absolute Gasteiger partial charge is 0.341 e. The van der Waals surface area contributed by atoms with Gasteiger partial charge in [-0.05, 0) is 69.2 Å². The molecule has 0 fully saturated rings. The molecule has 0 unspecified atom stereocenters. The third-order valence-corrected chi connectivity index (χ3v) is 5.31. The Kier molecular flexibility index (Phi) is 6.74. The Bertz CT molecular complexity index is 1060. The summed E-state index contributed by atoms with van der Waals surface area (Å²) in [6, 6.07) is 14.1. The van der Waals surface area contributed by atoms with E-state index in [9.17, 15) is 14.7 Å². The number of carbonyl (C=O) groups is 2. The molecule has 0 saturated carbocycles. The number of ether oxygens (including phenoxy) is 1. The molecule has 0 aliphatic rings. The van der Waals surface area contributed by atoms with Gasteiger partial charge in [0.15, 0.2) is 0 Å². The number of amides is 1. The van der Waals surface area contributed by atoms with E-state index >= 15 is 0 Å². The quantitative estimate of drug-likeness (QED) is 0.587. The Morgan fingerprint density at radius 1 is 1.13 bits per heavy atom. The first kappa shape index (κ1) is 22.1. The molecule has 0 bridgehead atoms. The normalized spacial score (nSPS) is 11.7. The van der Waals surface area contributed by atoms with Crippen LogP contribution in [0.15, 0.2) is 54.7 Å². The molecule has 1 N–H and O–H groups in total. The number of aromatic hydroxyl groups is 1. The maximum atomic E-state index is 12.9. The number of phenols is 1. The molecule has 7 nitrogen and oxygen atoms in total. The van der Waals surface area contributed by atoms with E-state index in [1.165, 1.54) is 6.20 Å². The lowest BCUT2D eigenvalue weighted by molar-refractivity contribution is 0.0525. The third kappa shape index (κ3) is 4.94. The monoisotopic (exact) mass is 421 g/mol. The van der Waals surface area contributed by atoms with E-state index in [2.05, 4.69) is 5.10 Å². The van der Waals surface area contributed by atoms with Crippen LogP contribution < -0.4 is 0 Å². The van der Waals surface area contributed by atoms with Gasteiger partial charge < -0.3 is 14.7 Å². The second-order valence-corrected chi connectivity index (χ2v) is 7.46. The maximum absolute atomic E-state index is 12.9. The first-order valence-corrected chi connectivity index (χ1v) is 10.2. The highest BCUT2D eigenvalue weighted by molar-refractivity contribution is 5.94. The molecule has 162 valence electrons. The SMILES string of the molecule is CCOC(=O)c1cnn(-c2ccc(C(=O)N(C)[C@@H](C)Cc3ccc(O)cc3)cc2)c1C. The average molecular weight is 421 g/mol. The molecule has 0 saturated heterocycles. The van der Waals surface area contributed by atoms with Crippen molar-refractivity contribution >= 4 is 11.9 Å². The molecule has 0 spiro atoms. The molecule has 0 radical (unpaired) electrons. The van der Waals surface area contributed by atoms with E-state index < -0.39 is 5.97 Å². The lowest BCUT2D eigenvalue weighted by Gasteiger charge is -2.25. The largest absolute Gasteiger partial charge is 0.508 e. The van der Waals surface area contributed by atoms with Crippen molar-refractivity contribution in [1.82, 2.24) is 14.7 Å². The fourth-order valence-corrected chi connectivity index (χ4v) is 3.34. The van der Waals surface area contributed by atoms with Gasteiger partial charge in [-0.2, -0.15) is 5.10 Å². The maximum Gasteiger partial charge on any atom is 0.341 e. The number of likely N-dealkylation sites (N-methyl/N-ethyl adjacent to an activating group) is 1. The van der Waals surface area contributed by atoms with Crippen LogP contribution in [0.3, 0.4) is 0 Å². The van der Waals surface area contributed by atoms with Crippen LogP contribution in [-0.4, -0.2) is 51.4 Å². The summed E-state index contributed by atoms with van der Waals surface area (Å²) in [6.07, 6.45) is 2.18. The summed E-state index contributed by atoms with van der Waals surface area (Å²) in [5, 5.41) is 13.7. The highest BCUT2D eigenvalue weighted by atomic mass is 16.5. The van der Waals surface area contributed by atoms with Crippen LogP contribution in [0.25, 0.3) is 5.69 Å². The molecule has 0 aliphatic heterocycles. The van der Waals surface area contributed by atoms with E-state index in [4.69, 9.17) is 4.74 Å². The molecule has 3 rings (SSSR count). The van der Waals surface area contributed by atoms with E-state index in [1.807, 2.05) is 19.1 Å². The van der Waals surface area contributed by atoms with Crippen LogP contribution in [0.5, 0.6) is 5.75 Å². The number of rotatable bonds is 7. The fraction of sp³-hybridized carbons (Fsp3) is 0.292. The second kappa shape index (κ2) is 9.47. The van der Waals surface area contributed by atoms with Gasteiger partial charge in [-0.3, -0.25) is 4.79 Å². The summed E-state index contributed by atoms with van der Waals surface area (Å²) in [5.74, 6) is -0.257. The van der Waals surface area contributed by atoms with Crippen molar-refractivity contribution in [3.63, 3.8) is 0 Å². The lowest BCUT2D eigenvalue weighted by atomic mass is 10.1. The number of nitrogens with zero attached hydrogens (tertiary/aromatic N) is 3. The summed E-state index contributed by atoms with van der Waals surface area (Å²) < 4.78 is 6.70. The Labute approximate surface area is 181 Å². The molecule has 7 heteroatoms. The number of esters is 1.